The van der Waals surface area contributed by atoms with Crippen LogP contribution in [0.4, 0.5) is 0 Å². The quantitative estimate of drug-likeness (QED) is 0.618. The summed E-state index contributed by atoms with van der Waals surface area (Å²) in [5.41, 5.74) is 10.0. The summed E-state index contributed by atoms with van der Waals surface area (Å²) in [4.78, 5) is 10.3. The first-order valence-electron chi connectivity index (χ1n) is 4.42. The maximum Gasteiger partial charge on any atom is 0.168 e. The molecule has 0 saturated heterocycles. The van der Waals surface area contributed by atoms with Crippen molar-refractivity contribution in [1.29, 1.82) is 0 Å². The van der Waals surface area contributed by atoms with Crippen LogP contribution in [-0.4, -0.2) is 31.6 Å². The first kappa shape index (κ1) is 13.4. The first-order chi connectivity index (χ1) is 7.21. The lowest BCUT2D eigenvalue weighted by atomic mass is 10.2. The summed E-state index contributed by atoms with van der Waals surface area (Å²) in [6, 6.07) is 4.75. The predicted octanol–water partition coefficient (Wildman–Crippen LogP) is 0.117. The number of ether oxygens (including phenoxy) is 1. The third-order valence-corrected chi connectivity index (χ3v) is 1.54. The van der Waals surface area contributed by atoms with Gasteiger partial charge in [-0.05, 0) is 12.1 Å². The van der Waals surface area contributed by atoms with Crippen LogP contribution in [0.25, 0.3) is 0 Å². The minimum Gasteiger partial charge on any atom is -0.504 e. The van der Waals surface area contributed by atoms with Gasteiger partial charge in [0.05, 0.1) is 12.7 Å². The lowest BCUT2D eigenvalue weighted by Crippen LogP contribution is -2.11. The van der Waals surface area contributed by atoms with Crippen LogP contribution in [0.15, 0.2) is 18.2 Å². The molecule has 5 N–H and O–H groups in total. The van der Waals surface area contributed by atoms with Crippen molar-refractivity contribution in [3.05, 3.63) is 23.8 Å². The van der Waals surface area contributed by atoms with Crippen LogP contribution in [0.1, 0.15) is 10.4 Å². The average Bonchev–Trinajstić information content (AvgIpc) is 2.30. The van der Waals surface area contributed by atoms with Crippen LogP contribution in [0.3, 0.4) is 0 Å². The van der Waals surface area contributed by atoms with E-state index in [-0.39, 0.29) is 11.3 Å². The number of benzene rings is 1. The summed E-state index contributed by atoms with van der Waals surface area (Å²) in [5.74, 6) is 0.208. The molecule has 1 aromatic rings. The van der Waals surface area contributed by atoms with Crippen molar-refractivity contribution in [3.63, 3.8) is 0 Å². The monoisotopic (exact) mass is 212 g/mol. The molecule has 84 valence electrons. The standard InChI is InChI=1S/C8H8O3.C2H8N2/c1-11-7-4-2-3-6(5-9)8(7)10;3-1-2-4/h2-5,10H,1H3;1-4H2. The lowest BCUT2D eigenvalue weighted by molar-refractivity contribution is 0.112. The Hall–Kier alpha value is -1.59. The third-order valence-electron chi connectivity index (χ3n) is 1.54. The van der Waals surface area contributed by atoms with Gasteiger partial charge < -0.3 is 21.3 Å². The Morgan fingerprint density at radius 2 is 2.00 bits per heavy atom. The molecule has 0 aliphatic carbocycles. The first-order valence-corrected chi connectivity index (χ1v) is 4.42. The molecule has 5 nitrogen and oxygen atoms in total. The lowest BCUT2D eigenvalue weighted by Gasteiger charge is -2.02. The molecule has 0 aliphatic rings. The number of phenols is 1. The molecule has 0 radical (unpaired) electrons. The topological polar surface area (TPSA) is 98.6 Å². The molecule has 0 aromatic heterocycles. The highest BCUT2D eigenvalue weighted by Gasteiger charge is 2.04. The fraction of sp³-hybridized carbons (Fsp3) is 0.300. The van der Waals surface area contributed by atoms with Crippen molar-refractivity contribution < 1.29 is 14.6 Å². The van der Waals surface area contributed by atoms with Crippen molar-refractivity contribution in [3.8, 4) is 11.5 Å². The molecule has 0 amide bonds. The van der Waals surface area contributed by atoms with Gasteiger partial charge in [-0.3, -0.25) is 4.79 Å². The van der Waals surface area contributed by atoms with Crippen molar-refractivity contribution >= 4 is 6.29 Å². The number of nitrogens with two attached hydrogens (primary N) is 2. The van der Waals surface area contributed by atoms with Gasteiger partial charge in [0.15, 0.2) is 17.8 Å². The molecule has 0 saturated carbocycles. The fourth-order valence-electron chi connectivity index (χ4n) is 0.799. The Balaban J connectivity index is 0.000000423. The van der Waals surface area contributed by atoms with Gasteiger partial charge in [0.1, 0.15) is 0 Å². The maximum absolute atomic E-state index is 10.3. The zero-order valence-corrected chi connectivity index (χ0v) is 8.64. The van der Waals surface area contributed by atoms with Gasteiger partial charge in [0.2, 0.25) is 0 Å². The van der Waals surface area contributed by atoms with E-state index in [1.807, 2.05) is 0 Å². The molecule has 1 aromatic carbocycles. The normalized spacial score (nSPS) is 8.73. The van der Waals surface area contributed by atoms with Crippen molar-refractivity contribution in [2.45, 2.75) is 0 Å². The van der Waals surface area contributed by atoms with E-state index in [9.17, 15) is 9.90 Å². The number of methoxy groups -OCH3 is 1. The molecule has 0 unspecified atom stereocenters. The number of hydrogen-bond acceptors (Lipinski definition) is 5. The number of hydrogen-bond donors (Lipinski definition) is 3. The van der Waals surface area contributed by atoms with Crippen LogP contribution in [-0.2, 0) is 0 Å². The molecule has 0 fully saturated rings. The fourth-order valence-corrected chi connectivity index (χ4v) is 0.799. The second kappa shape index (κ2) is 7.78. The van der Waals surface area contributed by atoms with E-state index in [4.69, 9.17) is 16.2 Å². The Morgan fingerprint density at radius 3 is 2.40 bits per heavy atom. The highest BCUT2D eigenvalue weighted by atomic mass is 16.5. The molecule has 5 heteroatoms. The van der Waals surface area contributed by atoms with Crippen LogP contribution in [0, 0.1) is 0 Å². The molecular formula is C10H16N2O3. The molecular weight excluding hydrogens is 196 g/mol. The smallest absolute Gasteiger partial charge is 0.168 e. The second-order valence-corrected chi connectivity index (χ2v) is 2.59. The summed E-state index contributed by atoms with van der Waals surface area (Å²) in [7, 11) is 1.43. The minimum absolute atomic E-state index is 0.106. The molecule has 15 heavy (non-hydrogen) atoms. The summed E-state index contributed by atoms with van der Waals surface area (Å²) >= 11 is 0. The molecule has 0 bridgehead atoms. The van der Waals surface area contributed by atoms with E-state index in [0.29, 0.717) is 25.1 Å². The van der Waals surface area contributed by atoms with E-state index in [1.54, 1.807) is 12.1 Å². The highest BCUT2D eigenvalue weighted by Crippen LogP contribution is 2.27. The number of carbonyl (C=O) groups is 1. The average molecular weight is 212 g/mol. The Kier molecular flexibility index (Phi) is 6.96. The van der Waals surface area contributed by atoms with Crippen molar-refractivity contribution in [2.75, 3.05) is 20.2 Å². The number of rotatable bonds is 3. The highest BCUT2D eigenvalue weighted by molar-refractivity contribution is 5.80. The summed E-state index contributed by atoms with van der Waals surface area (Å²) < 4.78 is 4.78. The molecule has 0 aliphatic heterocycles. The van der Waals surface area contributed by atoms with E-state index in [0.717, 1.165) is 0 Å². The van der Waals surface area contributed by atoms with E-state index >= 15 is 0 Å². The van der Waals surface area contributed by atoms with Crippen molar-refractivity contribution in [1.82, 2.24) is 0 Å². The largest absolute Gasteiger partial charge is 0.504 e. The number of phenolic OH excluding ortho intramolecular Hbond substituents is 1. The van der Waals surface area contributed by atoms with Crippen molar-refractivity contribution in [2.24, 2.45) is 11.5 Å². The van der Waals surface area contributed by atoms with E-state index in [2.05, 4.69) is 0 Å². The van der Waals surface area contributed by atoms with Crippen LogP contribution in [0.5, 0.6) is 11.5 Å². The SMILES string of the molecule is COc1cccc(C=O)c1O.NCCN. The second-order valence-electron chi connectivity index (χ2n) is 2.59. The third kappa shape index (κ3) is 4.44. The Morgan fingerprint density at radius 1 is 1.40 bits per heavy atom. The number of carbonyl (C=O) groups excluding carboxylic acids is 1. The van der Waals surface area contributed by atoms with Gasteiger partial charge in [-0.15, -0.1) is 0 Å². The van der Waals surface area contributed by atoms with Gasteiger partial charge in [0, 0.05) is 13.1 Å². The molecule has 0 heterocycles. The van der Waals surface area contributed by atoms with Gasteiger partial charge >= 0.3 is 0 Å². The van der Waals surface area contributed by atoms with Crippen LogP contribution >= 0.6 is 0 Å². The van der Waals surface area contributed by atoms with Crippen LogP contribution in [0.2, 0.25) is 0 Å². The zero-order valence-electron chi connectivity index (χ0n) is 8.64. The maximum atomic E-state index is 10.3. The summed E-state index contributed by atoms with van der Waals surface area (Å²) in [6.07, 6.45) is 0.581. The number of aromatic hydroxyl groups is 1. The number of para-hydroxylation sites is 1. The van der Waals surface area contributed by atoms with Gasteiger partial charge in [-0.2, -0.15) is 0 Å². The van der Waals surface area contributed by atoms with Crippen LogP contribution < -0.4 is 16.2 Å². The minimum atomic E-state index is -0.106. The molecule has 0 spiro atoms. The molecule has 1 rings (SSSR count). The molecule has 0 atom stereocenters. The van der Waals surface area contributed by atoms with E-state index in [1.165, 1.54) is 13.2 Å². The van der Waals surface area contributed by atoms with Gasteiger partial charge in [0.25, 0.3) is 0 Å². The van der Waals surface area contributed by atoms with E-state index < -0.39 is 0 Å². The van der Waals surface area contributed by atoms with Gasteiger partial charge in [-0.1, -0.05) is 6.07 Å². The Bertz CT molecular complexity index is 301. The Labute approximate surface area is 88.6 Å². The van der Waals surface area contributed by atoms with Gasteiger partial charge in [-0.25, -0.2) is 0 Å². The zero-order chi connectivity index (χ0) is 11.7. The summed E-state index contributed by atoms with van der Waals surface area (Å²) in [5, 5.41) is 9.23. The number of aldehydes is 1. The predicted molar refractivity (Wildman–Crippen MR) is 58.2 cm³/mol. The summed E-state index contributed by atoms with van der Waals surface area (Å²) in [6.45, 7) is 1.19.